The molecule has 0 saturated carbocycles. The summed E-state index contributed by atoms with van der Waals surface area (Å²) in [6.45, 7) is 9.75. The van der Waals surface area contributed by atoms with Crippen molar-refractivity contribution in [3.8, 4) is 0 Å². The second-order valence-corrected chi connectivity index (χ2v) is 5.73. The Morgan fingerprint density at radius 1 is 1.33 bits per heavy atom. The third-order valence-electron chi connectivity index (χ3n) is 4.25. The van der Waals surface area contributed by atoms with Crippen LogP contribution in [0.3, 0.4) is 0 Å². The minimum Gasteiger partial charge on any atom is -0.324 e. The van der Waals surface area contributed by atoms with Crippen molar-refractivity contribution in [1.82, 2.24) is 10.2 Å². The first-order valence-corrected chi connectivity index (χ1v) is 8.01. The molecule has 0 aliphatic carbocycles. The number of hydrogen-bond donors (Lipinski definition) is 2. The molecule has 2 rings (SSSR count). The molecular formula is C17H27N3O. The van der Waals surface area contributed by atoms with E-state index >= 15 is 0 Å². The van der Waals surface area contributed by atoms with Gasteiger partial charge in [-0.1, -0.05) is 32.0 Å². The second kappa shape index (κ2) is 7.57. The molecule has 1 atom stereocenters. The van der Waals surface area contributed by atoms with Crippen LogP contribution in [0.25, 0.3) is 0 Å². The lowest BCUT2D eigenvalue weighted by atomic mass is 10.0. The van der Waals surface area contributed by atoms with Crippen LogP contribution in [-0.2, 0) is 17.6 Å². The number of nitrogens with one attached hydrogen (secondary N) is 2. The first-order chi connectivity index (χ1) is 10.2. The first-order valence-electron chi connectivity index (χ1n) is 8.01. The molecule has 4 heteroatoms. The Morgan fingerprint density at radius 2 is 2.00 bits per heavy atom. The Morgan fingerprint density at radius 3 is 2.57 bits per heavy atom. The van der Waals surface area contributed by atoms with Crippen LogP contribution in [0.4, 0.5) is 5.69 Å². The fourth-order valence-electron chi connectivity index (χ4n) is 2.88. The molecule has 0 unspecified atom stereocenters. The molecule has 1 heterocycles. The topological polar surface area (TPSA) is 44.4 Å². The number of benzene rings is 1. The number of para-hydroxylation sites is 1. The number of rotatable bonds is 5. The van der Waals surface area contributed by atoms with Crippen molar-refractivity contribution in [1.29, 1.82) is 0 Å². The number of amides is 1. The average molecular weight is 289 g/mol. The van der Waals surface area contributed by atoms with Gasteiger partial charge < -0.3 is 10.6 Å². The molecular weight excluding hydrogens is 262 g/mol. The van der Waals surface area contributed by atoms with Crippen LogP contribution in [-0.4, -0.2) is 43.0 Å². The minimum absolute atomic E-state index is 0.0966. The summed E-state index contributed by atoms with van der Waals surface area (Å²) in [5.41, 5.74) is 3.46. The molecule has 1 aromatic rings. The molecule has 0 aromatic heterocycles. The minimum atomic E-state index is 0.0966. The van der Waals surface area contributed by atoms with Crippen molar-refractivity contribution in [3.63, 3.8) is 0 Å². The molecule has 4 nitrogen and oxygen atoms in total. The highest BCUT2D eigenvalue weighted by Crippen LogP contribution is 2.22. The highest BCUT2D eigenvalue weighted by molar-refractivity contribution is 5.93. The van der Waals surface area contributed by atoms with Gasteiger partial charge in [-0.25, -0.2) is 0 Å². The van der Waals surface area contributed by atoms with Gasteiger partial charge in [-0.05, 0) is 30.9 Å². The van der Waals surface area contributed by atoms with Crippen LogP contribution in [0.5, 0.6) is 0 Å². The molecule has 0 spiro atoms. The van der Waals surface area contributed by atoms with Gasteiger partial charge in [-0.2, -0.15) is 0 Å². The number of anilines is 1. The van der Waals surface area contributed by atoms with E-state index in [1.165, 1.54) is 11.1 Å². The largest absolute Gasteiger partial charge is 0.324 e. The Hall–Kier alpha value is -1.39. The van der Waals surface area contributed by atoms with Crippen molar-refractivity contribution in [2.24, 2.45) is 0 Å². The van der Waals surface area contributed by atoms with Gasteiger partial charge in [0.25, 0.3) is 0 Å². The molecule has 1 aliphatic rings. The van der Waals surface area contributed by atoms with Gasteiger partial charge in [0, 0.05) is 31.4 Å². The van der Waals surface area contributed by atoms with Crippen molar-refractivity contribution in [2.45, 2.75) is 39.7 Å². The van der Waals surface area contributed by atoms with Gasteiger partial charge in [-0.3, -0.25) is 9.69 Å². The van der Waals surface area contributed by atoms with Crippen LogP contribution < -0.4 is 10.6 Å². The van der Waals surface area contributed by atoms with Crippen LogP contribution in [0.1, 0.15) is 31.9 Å². The monoisotopic (exact) mass is 289 g/mol. The second-order valence-electron chi connectivity index (χ2n) is 5.73. The summed E-state index contributed by atoms with van der Waals surface area (Å²) in [4.78, 5) is 14.6. The standard InChI is InChI=1S/C17H27N3O/c1-4-14-7-6-8-15(5-2)17(14)19-16(21)12-20-10-9-18-11-13(20)3/h6-8,13,18H,4-5,9-12H2,1-3H3,(H,19,21)/t13-/m1/s1. The van der Waals surface area contributed by atoms with Crippen LogP contribution in [0.2, 0.25) is 0 Å². The van der Waals surface area contributed by atoms with Gasteiger partial charge in [0.1, 0.15) is 0 Å². The molecule has 1 amide bonds. The molecule has 0 radical (unpaired) electrons. The molecule has 1 aliphatic heterocycles. The lowest BCUT2D eigenvalue weighted by molar-refractivity contribution is -0.118. The van der Waals surface area contributed by atoms with E-state index in [4.69, 9.17) is 0 Å². The molecule has 1 saturated heterocycles. The molecule has 2 N–H and O–H groups in total. The smallest absolute Gasteiger partial charge is 0.238 e. The first kappa shape index (κ1) is 16.0. The number of hydrogen-bond acceptors (Lipinski definition) is 3. The summed E-state index contributed by atoms with van der Waals surface area (Å²) in [6, 6.07) is 6.69. The number of nitrogens with zero attached hydrogens (tertiary/aromatic N) is 1. The molecule has 0 bridgehead atoms. The lowest BCUT2D eigenvalue weighted by Crippen LogP contribution is -2.52. The summed E-state index contributed by atoms with van der Waals surface area (Å²) in [7, 11) is 0. The summed E-state index contributed by atoms with van der Waals surface area (Å²) in [5.74, 6) is 0.0966. The lowest BCUT2D eigenvalue weighted by Gasteiger charge is -2.33. The van der Waals surface area contributed by atoms with Gasteiger partial charge in [0.05, 0.1) is 6.54 Å². The van der Waals surface area contributed by atoms with E-state index < -0.39 is 0 Å². The van der Waals surface area contributed by atoms with Crippen molar-refractivity contribution < 1.29 is 4.79 Å². The van der Waals surface area contributed by atoms with Crippen LogP contribution in [0.15, 0.2) is 18.2 Å². The highest BCUT2D eigenvalue weighted by atomic mass is 16.2. The van der Waals surface area contributed by atoms with Gasteiger partial charge in [-0.15, -0.1) is 0 Å². The number of carbonyl (C=O) groups is 1. The maximum Gasteiger partial charge on any atom is 0.238 e. The van der Waals surface area contributed by atoms with E-state index in [0.29, 0.717) is 12.6 Å². The fourth-order valence-corrected chi connectivity index (χ4v) is 2.88. The highest BCUT2D eigenvalue weighted by Gasteiger charge is 2.20. The van der Waals surface area contributed by atoms with Crippen molar-refractivity contribution in [3.05, 3.63) is 29.3 Å². The van der Waals surface area contributed by atoms with E-state index in [0.717, 1.165) is 38.2 Å². The van der Waals surface area contributed by atoms with Crippen molar-refractivity contribution >= 4 is 11.6 Å². The maximum absolute atomic E-state index is 12.4. The number of carbonyl (C=O) groups excluding carboxylic acids is 1. The predicted octanol–water partition coefficient (Wildman–Crippen LogP) is 2.04. The Kier molecular flexibility index (Phi) is 5.76. The predicted molar refractivity (Wildman–Crippen MR) is 87.7 cm³/mol. The maximum atomic E-state index is 12.4. The molecule has 21 heavy (non-hydrogen) atoms. The third-order valence-corrected chi connectivity index (χ3v) is 4.25. The summed E-state index contributed by atoms with van der Waals surface area (Å²) in [6.07, 6.45) is 1.88. The molecule has 1 aromatic carbocycles. The Bertz CT molecular complexity index is 465. The zero-order valence-electron chi connectivity index (χ0n) is 13.4. The van der Waals surface area contributed by atoms with Gasteiger partial charge in [0.2, 0.25) is 5.91 Å². The number of aryl methyl sites for hydroxylation is 2. The van der Waals surface area contributed by atoms with Crippen molar-refractivity contribution in [2.75, 3.05) is 31.5 Å². The Balaban J connectivity index is 2.05. The van der Waals surface area contributed by atoms with Crippen LogP contribution in [0, 0.1) is 0 Å². The van der Waals surface area contributed by atoms with Crippen LogP contribution >= 0.6 is 0 Å². The average Bonchev–Trinajstić information content (AvgIpc) is 2.49. The normalized spacial score (nSPS) is 19.5. The summed E-state index contributed by atoms with van der Waals surface area (Å²) >= 11 is 0. The van der Waals surface area contributed by atoms with E-state index in [9.17, 15) is 4.79 Å². The van der Waals surface area contributed by atoms with E-state index in [1.807, 2.05) is 0 Å². The SMILES string of the molecule is CCc1cccc(CC)c1NC(=O)CN1CCNC[C@H]1C. The van der Waals surface area contributed by atoms with E-state index in [-0.39, 0.29) is 5.91 Å². The van der Waals surface area contributed by atoms with Gasteiger partial charge >= 0.3 is 0 Å². The molecule has 116 valence electrons. The zero-order chi connectivity index (χ0) is 15.2. The Labute approximate surface area is 127 Å². The fraction of sp³-hybridized carbons (Fsp3) is 0.588. The number of piperazine rings is 1. The van der Waals surface area contributed by atoms with E-state index in [1.54, 1.807) is 0 Å². The zero-order valence-corrected chi connectivity index (χ0v) is 13.4. The quantitative estimate of drug-likeness (QED) is 0.872. The summed E-state index contributed by atoms with van der Waals surface area (Å²) in [5, 5.41) is 6.50. The molecule has 1 fully saturated rings. The van der Waals surface area contributed by atoms with Gasteiger partial charge in [0.15, 0.2) is 0 Å². The summed E-state index contributed by atoms with van der Waals surface area (Å²) < 4.78 is 0. The third kappa shape index (κ3) is 4.05. The van der Waals surface area contributed by atoms with E-state index in [2.05, 4.69) is 54.5 Å².